The van der Waals surface area contributed by atoms with Crippen LogP contribution in [0.1, 0.15) is 20.8 Å². The van der Waals surface area contributed by atoms with Gasteiger partial charge in [0.25, 0.3) is 0 Å². The van der Waals surface area contributed by atoms with Crippen molar-refractivity contribution < 1.29 is 9.23 Å². The molecule has 0 aliphatic carbocycles. The van der Waals surface area contributed by atoms with Gasteiger partial charge in [-0.25, -0.2) is 10.3 Å². The van der Waals surface area contributed by atoms with Crippen LogP contribution in [0, 0.1) is 5.92 Å². The van der Waals surface area contributed by atoms with Crippen LogP contribution in [0.3, 0.4) is 0 Å². The Hall–Kier alpha value is -0.150. The molecule has 56 valence electrons. The standard InChI is InChI=1S/C6H14FNO/c1-5(4-9-8)6(2,3)7/h5H,4,8H2,1-3H3. The highest BCUT2D eigenvalue weighted by Gasteiger charge is 2.24. The van der Waals surface area contributed by atoms with E-state index in [0.29, 0.717) is 0 Å². The third-order valence-corrected chi connectivity index (χ3v) is 1.52. The first-order chi connectivity index (χ1) is 3.98. The first-order valence-corrected chi connectivity index (χ1v) is 2.99. The number of hydrogen-bond acceptors (Lipinski definition) is 2. The van der Waals surface area contributed by atoms with E-state index in [1.54, 1.807) is 6.92 Å². The highest BCUT2D eigenvalue weighted by Crippen LogP contribution is 2.19. The Balaban J connectivity index is 3.59. The van der Waals surface area contributed by atoms with E-state index in [0.717, 1.165) is 0 Å². The maximum absolute atomic E-state index is 12.8. The van der Waals surface area contributed by atoms with Crippen molar-refractivity contribution in [3.05, 3.63) is 0 Å². The van der Waals surface area contributed by atoms with Gasteiger partial charge >= 0.3 is 0 Å². The molecule has 2 N–H and O–H groups in total. The lowest BCUT2D eigenvalue weighted by Gasteiger charge is -2.21. The average molecular weight is 135 g/mol. The highest BCUT2D eigenvalue weighted by atomic mass is 19.1. The normalized spacial score (nSPS) is 15.7. The molecule has 0 saturated carbocycles. The summed E-state index contributed by atoms with van der Waals surface area (Å²) in [7, 11) is 0. The maximum Gasteiger partial charge on any atom is 0.110 e. The molecule has 0 saturated heterocycles. The van der Waals surface area contributed by atoms with Gasteiger partial charge in [0.2, 0.25) is 0 Å². The summed E-state index contributed by atoms with van der Waals surface area (Å²) in [4.78, 5) is 4.29. The van der Waals surface area contributed by atoms with Crippen LogP contribution in [0.25, 0.3) is 0 Å². The van der Waals surface area contributed by atoms with Crippen molar-refractivity contribution >= 4 is 0 Å². The molecule has 1 unspecified atom stereocenters. The molecule has 0 radical (unpaired) electrons. The average Bonchev–Trinajstić information content (AvgIpc) is 1.64. The first kappa shape index (κ1) is 8.85. The topological polar surface area (TPSA) is 35.2 Å². The predicted octanol–water partition coefficient (Wildman–Crippen LogP) is 1.26. The lowest BCUT2D eigenvalue weighted by atomic mass is 9.96. The Kier molecular flexibility index (Phi) is 3.08. The van der Waals surface area contributed by atoms with Gasteiger partial charge in [-0.05, 0) is 13.8 Å². The van der Waals surface area contributed by atoms with Gasteiger partial charge in [0.1, 0.15) is 5.67 Å². The molecule has 0 rings (SSSR count). The summed E-state index contributed by atoms with van der Waals surface area (Å²) in [5.41, 5.74) is -1.20. The summed E-state index contributed by atoms with van der Waals surface area (Å²) in [5, 5.41) is 0. The van der Waals surface area contributed by atoms with Crippen LogP contribution in [0.5, 0.6) is 0 Å². The smallest absolute Gasteiger partial charge is 0.110 e. The van der Waals surface area contributed by atoms with Crippen molar-refractivity contribution in [3.8, 4) is 0 Å². The summed E-state index contributed by atoms with van der Waals surface area (Å²) < 4.78 is 12.8. The van der Waals surface area contributed by atoms with Gasteiger partial charge < -0.3 is 4.84 Å². The van der Waals surface area contributed by atoms with E-state index in [-0.39, 0.29) is 12.5 Å². The molecule has 0 aliphatic heterocycles. The summed E-state index contributed by atoms with van der Waals surface area (Å²) >= 11 is 0. The molecule has 0 aromatic carbocycles. The number of alkyl halides is 1. The maximum atomic E-state index is 12.8. The van der Waals surface area contributed by atoms with E-state index >= 15 is 0 Å². The molecule has 0 aliphatic rings. The SMILES string of the molecule is CC(CON)C(C)(C)F. The van der Waals surface area contributed by atoms with Crippen molar-refractivity contribution in [3.63, 3.8) is 0 Å². The molecule has 2 nitrogen and oxygen atoms in total. The monoisotopic (exact) mass is 135 g/mol. The third-order valence-electron chi connectivity index (χ3n) is 1.52. The Morgan fingerprint density at radius 2 is 2.11 bits per heavy atom. The summed E-state index contributed by atoms with van der Waals surface area (Å²) in [6, 6.07) is 0. The van der Waals surface area contributed by atoms with Crippen molar-refractivity contribution in [1.82, 2.24) is 0 Å². The van der Waals surface area contributed by atoms with Crippen molar-refractivity contribution in [1.29, 1.82) is 0 Å². The lowest BCUT2D eigenvalue weighted by Crippen LogP contribution is -2.28. The lowest BCUT2D eigenvalue weighted by molar-refractivity contribution is 0.0355. The van der Waals surface area contributed by atoms with E-state index in [9.17, 15) is 4.39 Å². The van der Waals surface area contributed by atoms with Crippen LogP contribution >= 0.6 is 0 Å². The second kappa shape index (κ2) is 3.13. The van der Waals surface area contributed by atoms with Gasteiger partial charge in [-0.3, -0.25) is 0 Å². The van der Waals surface area contributed by atoms with Gasteiger partial charge in [-0.15, -0.1) is 0 Å². The largest absolute Gasteiger partial charge is 0.304 e. The fourth-order valence-electron chi connectivity index (χ4n) is 0.343. The van der Waals surface area contributed by atoms with Gasteiger partial charge in [0.15, 0.2) is 0 Å². The highest BCUT2D eigenvalue weighted by molar-refractivity contribution is 4.72. The Bertz CT molecular complexity index is 79.6. The fraction of sp³-hybridized carbons (Fsp3) is 1.00. The van der Waals surface area contributed by atoms with E-state index in [1.807, 2.05) is 0 Å². The molecule has 0 spiro atoms. The fourth-order valence-corrected chi connectivity index (χ4v) is 0.343. The molecular weight excluding hydrogens is 121 g/mol. The third kappa shape index (κ3) is 3.43. The quantitative estimate of drug-likeness (QED) is 0.591. The minimum absolute atomic E-state index is 0.150. The van der Waals surface area contributed by atoms with Crippen LogP contribution in [0.4, 0.5) is 4.39 Å². The number of halogens is 1. The molecule has 3 heteroatoms. The molecule has 0 aromatic heterocycles. The molecule has 0 fully saturated rings. The van der Waals surface area contributed by atoms with Crippen LogP contribution < -0.4 is 5.90 Å². The van der Waals surface area contributed by atoms with E-state index < -0.39 is 5.67 Å². The van der Waals surface area contributed by atoms with Crippen molar-refractivity contribution in [2.24, 2.45) is 11.8 Å². The molecule has 0 amide bonds. The molecule has 0 heterocycles. The van der Waals surface area contributed by atoms with Crippen LogP contribution in [0.2, 0.25) is 0 Å². The second-order valence-electron chi connectivity index (χ2n) is 2.80. The summed E-state index contributed by atoms with van der Waals surface area (Å²) in [6.45, 7) is 5.05. The minimum Gasteiger partial charge on any atom is -0.304 e. The molecule has 1 atom stereocenters. The number of hydrogen-bond donors (Lipinski definition) is 1. The molecule has 9 heavy (non-hydrogen) atoms. The van der Waals surface area contributed by atoms with Crippen molar-refractivity contribution in [2.75, 3.05) is 6.61 Å². The zero-order valence-corrected chi connectivity index (χ0v) is 6.15. The first-order valence-electron chi connectivity index (χ1n) is 2.99. The Labute approximate surface area is 55.1 Å². The summed E-state index contributed by atoms with van der Waals surface area (Å²) in [5.74, 6) is 4.61. The number of nitrogens with two attached hydrogens (primary N) is 1. The second-order valence-corrected chi connectivity index (χ2v) is 2.80. The van der Waals surface area contributed by atoms with E-state index in [1.165, 1.54) is 13.8 Å². The Morgan fingerprint density at radius 1 is 1.67 bits per heavy atom. The van der Waals surface area contributed by atoms with Crippen LogP contribution in [-0.4, -0.2) is 12.3 Å². The minimum atomic E-state index is -1.20. The molecule has 0 aromatic rings. The van der Waals surface area contributed by atoms with Gasteiger partial charge in [-0.1, -0.05) is 6.92 Å². The zero-order chi connectivity index (χ0) is 7.49. The number of rotatable bonds is 3. The van der Waals surface area contributed by atoms with Gasteiger partial charge in [0.05, 0.1) is 6.61 Å². The predicted molar refractivity (Wildman–Crippen MR) is 34.5 cm³/mol. The Morgan fingerprint density at radius 3 is 2.22 bits per heavy atom. The van der Waals surface area contributed by atoms with Crippen LogP contribution in [0.15, 0.2) is 0 Å². The van der Waals surface area contributed by atoms with Gasteiger partial charge in [-0.2, -0.15) is 0 Å². The van der Waals surface area contributed by atoms with Gasteiger partial charge in [0, 0.05) is 5.92 Å². The molecule has 0 bridgehead atoms. The summed E-state index contributed by atoms with van der Waals surface area (Å²) in [6.07, 6.45) is 0. The van der Waals surface area contributed by atoms with Crippen molar-refractivity contribution in [2.45, 2.75) is 26.4 Å². The van der Waals surface area contributed by atoms with Crippen LogP contribution in [-0.2, 0) is 4.84 Å². The van der Waals surface area contributed by atoms with E-state index in [4.69, 9.17) is 5.90 Å². The molecular formula is C6H14FNO. The zero-order valence-electron chi connectivity index (χ0n) is 6.15. The van der Waals surface area contributed by atoms with E-state index in [2.05, 4.69) is 4.84 Å².